The summed E-state index contributed by atoms with van der Waals surface area (Å²) in [6.07, 6.45) is 2.57. The van der Waals surface area contributed by atoms with Gasteiger partial charge in [0.1, 0.15) is 5.82 Å². The maximum Gasteiger partial charge on any atom is 0.229 e. The molecule has 2 aromatic carbocycles. The van der Waals surface area contributed by atoms with Crippen molar-refractivity contribution in [2.24, 2.45) is 0 Å². The van der Waals surface area contributed by atoms with Crippen LogP contribution in [0.1, 0.15) is 29.7 Å². The summed E-state index contributed by atoms with van der Waals surface area (Å²) >= 11 is 0. The Morgan fingerprint density at radius 2 is 1.57 bits per heavy atom. The summed E-state index contributed by atoms with van der Waals surface area (Å²) in [5.41, 5.74) is 6.70. The van der Waals surface area contributed by atoms with E-state index in [0.717, 1.165) is 36.0 Å². The van der Waals surface area contributed by atoms with Crippen molar-refractivity contribution in [1.82, 2.24) is 9.97 Å². The second-order valence-corrected chi connectivity index (χ2v) is 7.53. The zero-order chi connectivity index (χ0) is 19.5. The Kier molecular flexibility index (Phi) is 5.15. The standard InChI is InChI=1S/C23H27N5/c1-16-6-11-21(17(2)14-16)26-22-15-18(3)24-23(27-22)25-19-7-9-20(10-8-19)28-12-4-5-13-28/h6-11,14-15H,4-5,12-13H2,1-3H3,(H2,24,25,26,27). The first kappa shape index (κ1) is 18.3. The second kappa shape index (κ2) is 7.89. The molecule has 28 heavy (non-hydrogen) atoms. The summed E-state index contributed by atoms with van der Waals surface area (Å²) < 4.78 is 0. The molecule has 0 spiro atoms. The van der Waals surface area contributed by atoms with Crippen LogP contribution in [-0.4, -0.2) is 23.1 Å². The molecule has 0 bridgehead atoms. The fourth-order valence-corrected chi connectivity index (χ4v) is 3.64. The summed E-state index contributed by atoms with van der Waals surface area (Å²) in [6.45, 7) is 8.49. The van der Waals surface area contributed by atoms with Crippen LogP contribution in [0, 0.1) is 20.8 Å². The molecule has 1 saturated heterocycles. The molecule has 1 fully saturated rings. The van der Waals surface area contributed by atoms with Crippen LogP contribution in [0.3, 0.4) is 0 Å². The Hall–Kier alpha value is -3.08. The van der Waals surface area contributed by atoms with Gasteiger partial charge < -0.3 is 15.5 Å². The zero-order valence-corrected chi connectivity index (χ0v) is 16.8. The molecule has 0 radical (unpaired) electrons. The van der Waals surface area contributed by atoms with Crippen molar-refractivity contribution in [3.05, 3.63) is 65.4 Å². The Balaban J connectivity index is 1.50. The number of anilines is 5. The molecule has 5 heteroatoms. The summed E-state index contributed by atoms with van der Waals surface area (Å²) in [7, 11) is 0. The van der Waals surface area contributed by atoms with Gasteiger partial charge in [-0.05, 0) is 69.5 Å². The molecule has 0 saturated carbocycles. The van der Waals surface area contributed by atoms with E-state index >= 15 is 0 Å². The molecular weight excluding hydrogens is 346 g/mol. The second-order valence-electron chi connectivity index (χ2n) is 7.53. The molecular formula is C23H27N5. The third-order valence-corrected chi connectivity index (χ3v) is 5.09. The minimum Gasteiger partial charge on any atom is -0.372 e. The van der Waals surface area contributed by atoms with Crippen molar-refractivity contribution in [2.75, 3.05) is 28.6 Å². The molecule has 1 aliphatic rings. The summed E-state index contributed by atoms with van der Waals surface area (Å²) in [5.74, 6) is 1.39. The summed E-state index contributed by atoms with van der Waals surface area (Å²) in [6, 6.07) is 16.8. The first-order chi connectivity index (χ1) is 13.6. The van der Waals surface area contributed by atoms with Gasteiger partial charge in [0, 0.05) is 41.9 Å². The van der Waals surface area contributed by atoms with Gasteiger partial charge in [0.2, 0.25) is 5.95 Å². The van der Waals surface area contributed by atoms with E-state index in [4.69, 9.17) is 0 Å². The van der Waals surface area contributed by atoms with Gasteiger partial charge in [0.25, 0.3) is 0 Å². The van der Waals surface area contributed by atoms with Crippen LogP contribution in [0.25, 0.3) is 0 Å². The van der Waals surface area contributed by atoms with Crippen LogP contribution in [-0.2, 0) is 0 Å². The molecule has 0 unspecified atom stereocenters. The number of aromatic nitrogens is 2. The largest absolute Gasteiger partial charge is 0.372 e. The van der Waals surface area contributed by atoms with Crippen molar-refractivity contribution in [2.45, 2.75) is 33.6 Å². The minimum absolute atomic E-state index is 0.598. The topological polar surface area (TPSA) is 53.1 Å². The van der Waals surface area contributed by atoms with Crippen LogP contribution in [0.4, 0.5) is 28.8 Å². The highest BCUT2D eigenvalue weighted by molar-refractivity contribution is 5.64. The fraction of sp³-hybridized carbons (Fsp3) is 0.304. The molecule has 1 aliphatic heterocycles. The first-order valence-corrected chi connectivity index (χ1v) is 9.89. The van der Waals surface area contributed by atoms with E-state index in [-0.39, 0.29) is 0 Å². The average molecular weight is 374 g/mol. The number of nitrogens with one attached hydrogen (secondary N) is 2. The van der Waals surface area contributed by atoms with E-state index in [0.29, 0.717) is 5.95 Å². The molecule has 1 aromatic heterocycles. The van der Waals surface area contributed by atoms with Gasteiger partial charge in [-0.2, -0.15) is 4.98 Å². The first-order valence-electron chi connectivity index (χ1n) is 9.89. The number of hydrogen-bond acceptors (Lipinski definition) is 5. The van der Waals surface area contributed by atoms with E-state index in [2.05, 4.69) is 81.8 Å². The average Bonchev–Trinajstić information content (AvgIpc) is 3.19. The van der Waals surface area contributed by atoms with Gasteiger partial charge in [-0.15, -0.1) is 0 Å². The van der Waals surface area contributed by atoms with Crippen molar-refractivity contribution in [3.63, 3.8) is 0 Å². The van der Waals surface area contributed by atoms with Crippen LogP contribution in [0.2, 0.25) is 0 Å². The maximum absolute atomic E-state index is 4.64. The van der Waals surface area contributed by atoms with E-state index < -0.39 is 0 Å². The third-order valence-electron chi connectivity index (χ3n) is 5.09. The van der Waals surface area contributed by atoms with Crippen LogP contribution in [0.15, 0.2) is 48.5 Å². The van der Waals surface area contributed by atoms with Gasteiger partial charge in [0.05, 0.1) is 0 Å². The highest BCUT2D eigenvalue weighted by Crippen LogP contribution is 2.25. The number of nitrogens with zero attached hydrogens (tertiary/aromatic N) is 3. The lowest BCUT2D eigenvalue weighted by atomic mass is 10.1. The molecule has 4 rings (SSSR count). The van der Waals surface area contributed by atoms with Crippen molar-refractivity contribution < 1.29 is 0 Å². The number of benzene rings is 2. The van der Waals surface area contributed by atoms with Gasteiger partial charge in [-0.3, -0.25) is 0 Å². The number of aryl methyl sites for hydroxylation is 3. The van der Waals surface area contributed by atoms with Crippen molar-refractivity contribution in [1.29, 1.82) is 0 Å². The third kappa shape index (κ3) is 4.25. The highest BCUT2D eigenvalue weighted by atomic mass is 15.2. The Labute approximate surface area is 166 Å². The molecule has 0 amide bonds. The molecule has 0 atom stereocenters. The van der Waals surface area contributed by atoms with Crippen LogP contribution < -0.4 is 15.5 Å². The van der Waals surface area contributed by atoms with Crippen molar-refractivity contribution >= 4 is 28.8 Å². The number of hydrogen-bond donors (Lipinski definition) is 2. The molecule has 2 heterocycles. The molecule has 5 nitrogen and oxygen atoms in total. The van der Waals surface area contributed by atoms with E-state index in [1.807, 2.05) is 13.0 Å². The molecule has 144 valence electrons. The van der Waals surface area contributed by atoms with Gasteiger partial charge in [0.15, 0.2) is 0 Å². The summed E-state index contributed by atoms with van der Waals surface area (Å²) in [4.78, 5) is 11.6. The smallest absolute Gasteiger partial charge is 0.229 e. The summed E-state index contributed by atoms with van der Waals surface area (Å²) in [5, 5.41) is 6.75. The Morgan fingerprint density at radius 3 is 2.29 bits per heavy atom. The lowest BCUT2D eigenvalue weighted by Crippen LogP contribution is -2.17. The van der Waals surface area contributed by atoms with E-state index in [9.17, 15) is 0 Å². The molecule has 3 aromatic rings. The van der Waals surface area contributed by atoms with E-state index in [1.165, 1.54) is 29.7 Å². The maximum atomic E-state index is 4.64. The van der Waals surface area contributed by atoms with Crippen LogP contribution >= 0.6 is 0 Å². The predicted molar refractivity (Wildman–Crippen MR) is 117 cm³/mol. The number of rotatable bonds is 5. The zero-order valence-electron chi connectivity index (χ0n) is 16.8. The fourth-order valence-electron chi connectivity index (χ4n) is 3.64. The highest BCUT2D eigenvalue weighted by Gasteiger charge is 2.12. The lowest BCUT2D eigenvalue weighted by Gasteiger charge is -2.18. The predicted octanol–water partition coefficient (Wildman–Crippen LogP) is 5.49. The quantitative estimate of drug-likeness (QED) is 0.619. The SMILES string of the molecule is Cc1ccc(Nc2cc(C)nc(Nc3ccc(N4CCCC4)cc3)n2)c(C)c1. The molecule has 2 N–H and O–H groups in total. The van der Waals surface area contributed by atoms with Crippen molar-refractivity contribution in [3.8, 4) is 0 Å². The van der Waals surface area contributed by atoms with Gasteiger partial charge in [-0.1, -0.05) is 17.7 Å². The van der Waals surface area contributed by atoms with Crippen LogP contribution in [0.5, 0.6) is 0 Å². The van der Waals surface area contributed by atoms with Gasteiger partial charge in [-0.25, -0.2) is 4.98 Å². The lowest BCUT2D eigenvalue weighted by molar-refractivity contribution is 0.949. The normalized spacial score (nSPS) is 13.6. The Bertz CT molecular complexity index is 959. The molecule has 0 aliphatic carbocycles. The van der Waals surface area contributed by atoms with Gasteiger partial charge >= 0.3 is 0 Å². The minimum atomic E-state index is 0.598. The van der Waals surface area contributed by atoms with E-state index in [1.54, 1.807) is 0 Å². The monoisotopic (exact) mass is 373 g/mol. The Morgan fingerprint density at radius 1 is 0.821 bits per heavy atom.